The number of anilines is 1. The molecule has 22 heavy (non-hydrogen) atoms. The lowest BCUT2D eigenvalue weighted by atomic mass is 10.2. The highest BCUT2D eigenvalue weighted by molar-refractivity contribution is 6.06. The van der Waals surface area contributed by atoms with Crippen molar-refractivity contribution in [2.45, 2.75) is 0 Å². The molecule has 0 aliphatic carbocycles. The Balaban J connectivity index is 1.89. The lowest BCUT2D eigenvalue weighted by molar-refractivity contribution is 0.102. The van der Waals surface area contributed by atoms with Gasteiger partial charge in [0, 0.05) is 12.3 Å². The maximum atomic E-state index is 12.4. The van der Waals surface area contributed by atoms with Crippen LogP contribution in [0.2, 0.25) is 0 Å². The summed E-state index contributed by atoms with van der Waals surface area (Å²) in [5, 5.41) is 2.79. The number of amides is 1. The van der Waals surface area contributed by atoms with Gasteiger partial charge in [-0.2, -0.15) is 0 Å². The summed E-state index contributed by atoms with van der Waals surface area (Å²) in [4.78, 5) is 23.4. The van der Waals surface area contributed by atoms with Crippen molar-refractivity contribution in [3.63, 3.8) is 0 Å². The zero-order valence-electron chi connectivity index (χ0n) is 12.1. The highest BCUT2D eigenvalue weighted by Gasteiger charge is 2.12. The molecular formula is C15H14N4O3. The number of aromatic amines is 1. The number of imidazole rings is 1. The Bertz CT molecular complexity index is 829. The minimum absolute atomic E-state index is 0.296. The summed E-state index contributed by atoms with van der Waals surface area (Å²) < 4.78 is 10.4. The molecule has 7 heteroatoms. The molecule has 1 aromatic carbocycles. The Kier molecular flexibility index (Phi) is 3.61. The van der Waals surface area contributed by atoms with E-state index in [2.05, 4.69) is 20.3 Å². The lowest BCUT2D eigenvalue weighted by Crippen LogP contribution is -2.13. The second kappa shape index (κ2) is 5.72. The van der Waals surface area contributed by atoms with E-state index < -0.39 is 0 Å². The molecule has 2 aromatic heterocycles. The van der Waals surface area contributed by atoms with Gasteiger partial charge in [-0.05, 0) is 18.2 Å². The summed E-state index contributed by atoms with van der Waals surface area (Å²) in [6, 6.07) is 6.87. The second-order valence-electron chi connectivity index (χ2n) is 4.52. The monoisotopic (exact) mass is 298 g/mol. The molecule has 0 spiro atoms. The second-order valence-corrected chi connectivity index (χ2v) is 4.52. The highest BCUT2D eigenvalue weighted by Crippen LogP contribution is 2.29. The molecule has 0 fully saturated rings. The number of carbonyl (C=O) groups is 1. The number of aromatic nitrogens is 3. The van der Waals surface area contributed by atoms with Gasteiger partial charge in [0.1, 0.15) is 11.5 Å². The van der Waals surface area contributed by atoms with Crippen LogP contribution in [0.4, 0.5) is 5.69 Å². The first-order valence-electron chi connectivity index (χ1n) is 6.54. The zero-order valence-corrected chi connectivity index (χ0v) is 12.1. The van der Waals surface area contributed by atoms with Crippen molar-refractivity contribution >= 4 is 22.8 Å². The van der Waals surface area contributed by atoms with E-state index in [1.807, 2.05) is 0 Å². The van der Waals surface area contributed by atoms with Crippen LogP contribution in [0.25, 0.3) is 11.2 Å². The molecular weight excluding hydrogens is 284 g/mol. The molecule has 0 unspecified atom stereocenters. The first-order chi connectivity index (χ1) is 10.7. The fraction of sp³-hybridized carbons (Fsp3) is 0.133. The molecule has 0 aliphatic rings. The van der Waals surface area contributed by atoms with Gasteiger partial charge in [-0.15, -0.1) is 0 Å². The summed E-state index contributed by atoms with van der Waals surface area (Å²) in [6.45, 7) is 0. The van der Waals surface area contributed by atoms with Crippen molar-refractivity contribution in [1.82, 2.24) is 15.0 Å². The Morgan fingerprint density at radius 1 is 1.18 bits per heavy atom. The number of ether oxygens (including phenoxy) is 2. The molecule has 3 rings (SSSR count). The topological polar surface area (TPSA) is 89.1 Å². The Labute approximate surface area is 126 Å². The number of nitrogens with zero attached hydrogens (tertiary/aromatic N) is 2. The fourth-order valence-electron chi connectivity index (χ4n) is 2.06. The van der Waals surface area contributed by atoms with E-state index in [1.165, 1.54) is 19.6 Å². The molecule has 7 nitrogen and oxygen atoms in total. The highest BCUT2D eigenvalue weighted by atomic mass is 16.5. The van der Waals surface area contributed by atoms with Gasteiger partial charge in [0.25, 0.3) is 5.91 Å². The maximum absolute atomic E-state index is 12.4. The number of fused-ring (bicyclic) bond motifs is 1. The number of pyridine rings is 1. The third-order valence-electron chi connectivity index (χ3n) is 3.19. The van der Waals surface area contributed by atoms with E-state index in [4.69, 9.17) is 9.47 Å². The van der Waals surface area contributed by atoms with E-state index in [-0.39, 0.29) is 5.91 Å². The zero-order chi connectivity index (χ0) is 15.5. The third-order valence-corrected chi connectivity index (χ3v) is 3.19. The largest absolute Gasteiger partial charge is 0.497 e. The number of benzene rings is 1. The van der Waals surface area contributed by atoms with Gasteiger partial charge in [-0.25, -0.2) is 9.97 Å². The van der Waals surface area contributed by atoms with Crippen molar-refractivity contribution < 1.29 is 14.3 Å². The minimum atomic E-state index is -0.296. The maximum Gasteiger partial charge on any atom is 0.257 e. The lowest BCUT2D eigenvalue weighted by Gasteiger charge is -2.11. The van der Waals surface area contributed by atoms with E-state index in [0.29, 0.717) is 33.9 Å². The van der Waals surface area contributed by atoms with E-state index >= 15 is 0 Å². The average molecular weight is 298 g/mol. The molecule has 0 aliphatic heterocycles. The van der Waals surface area contributed by atoms with Gasteiger partial charge >= 0.3 is 0 Å². The molecule has 0 radical (unpaired) electrons. The normalized spacial score (nSPS) is 10.5. The fourth-order valence-corrected chi connectivity index (χ4v) is 2.06. The number of hydrogen-bond acceptors (Lipinski definition) is 5. The van der Waals surface area contributed by atoms with Crippen LogP contribution in [-0.4, -0.2) is 35.1 Å². The summed E-state index contributed by atoms with van der Waals surface area (Å²) in [5.74, 6) is 0.874. The van der Waals surface area contributed by atoms with Gasteiger partial charge in [-0.3, -0.25) is 4.79 Å². The van der Waals surface area contributed by atoms with Gasteiger partial charge in [-0.1, -0.05) is 0 Å². The number of hydrogen-bond donors (Lipinski definition) is 2. The van der Waals surface area contributed by atoms with Crippen LogP contribution < -0.4 is 14.8 Å². The Morgan fingerprint density at radius 2 is 2.05 bits per heavy atom. The SMILES string of the molecule is COc1ccc(OC)c(NC(=O)c2cnc3nc[nH]c3c2)c1. The van der Waals surface area contributed by atoms with Crippen LogP contribution in [0.15, 0.2) is 36.8 Å². The number of H-pyrrole nitrogens is 1. The van der Waals surface area contributed by atoms with Crippen molar-refractivity contribution in [1.29, 1.82) is 0 Å². The van der Waals surface area contributed by atoms with Crippen LogP contribution >= 0.6 is 0 Å². The van der Waals surface area contributed by atoms with Crippen LogP contribution in [0.3, 0.4) is 0 Å². The number of nitrogens with one attached hydrogen (secondary N) is 2. The smallest absolute Gasteiger partial charge is 0.257 e. The van der Waals surface area contributed by atoms with Crippen LogP contribution in [0.5, 0.6) is 11.5 Å². The molecule has 3 aromatic rings. The van der Waals surface area contributed by atoms with Crippen molar-refractivity contribution in [2.24, 2.45) is 0 Å². The molecule has 1 amide bonds. The van der Waals surface area contributed by atoms with Gasteiger partial charge in [0.05, 0.1) is 37.3 Å². The summed E-state index contributed by atoms with van der Waals surface area (Å²) in [7, 11) is 3.10. The standard InChI is InChI=1S/C15H14N4O3/c1-21-10-3-4-13(22-2)11(6-10)19-15(20)9-5-12-14(16-7-9)18-8-17-12/h3-8H,1-2H3,(H,19,20)(H,16,17,18). The molecule has 0 bridgehead atoms. The first-order valence-corrected chi connectivity index (χ1v) is 6.54. The Hall–Kier alpha value is -3.09. The molecule has 112 valence electrons. The number of methoxy groups -OCH3 is 2. The third kappa shape index (κ3) is 2.56. The summed E-state index contributed by atoms with van der Waals surface area (Å²) in [6.07, 6.45) is 3.01. The van der Waals surface area contributed by atoms with Crippen LogP contribution in [-0.2, 0) is 0 Å². The predicted octanol–water partition coefficient (Wildman–Crippen LogP) is 2.23. The summed E-state index contributed by atoms with van der Waals surface area (Å²) in [5.41, 5.74) is 2.21. The molecule has 0 saturated heterocycles. The molecule has 0 saturated carbocycles. The average Bonchev–Trinajstić information content (AvgIpc) is 3.02. The Morgan fingerprint density at radius 3 is 2.82 bits per heavy atom. The number of carbonyl (C=O) groups excluding carboxylic acids is 1. The van der Waals surface area contributed by atoms with Crippen molar-refractivity contribution in [3.05, 3.63) is 42.4 Å². The van der Waals surface area contributed by atoms with Crippen molar-refractivity contribution in [3.8, 4) is 11.5 Å². The van der Waals surface area contributed by atoms with Crippen molar-refractivity contribution in [2.75, 3.05) is 19.5 Å². The molecule has 2 N–H and O–H groups in total. The molecule has 0 atom stereocenters. The number of rotatable bonds is 4. The van der Waals surface area contributed by atoms with E-state index in [0.717, 1.165) is 0 Å². The van der Waals surface area contributed by atoms with Crippen LogP contribution in [0.1, 0.15) is 10.4 Å². The van der Waals surface area contributed by atoms with Crippen LogP contribution in [0, 0.1) is 0 Å². The quantitative estimate of drug-likeness (QED) is 0.771. The first kappa shape index (κ1) is 13.9. The van der Waals surface area contributed by atoms with Gasteiger partial charge < -0.3 is 19.8 Å². The van der Waals surface area contributed by atoms with Gasteiger partial charge in [0.2, 0.25) is 0 Å². The minimum Gasteiger partial charge on any atom is -0.497 e. The molecule has 2 heterocycles. The predicted molar refractivity (Wildman–Crippen MR) is 81.4 cm³/mol. The summed E-state index contributed by atoms with van der Waals surface area (Å²) >= 11 is 0. The van der Waals surface area contributed by atoms with Gasteiger partial charge in [0.15, 0.2) is 5.65 Å². The van der Waals surface area contributed by atoms with E-state index in [9.17, 15) is 4.79 Å². The van der Waals surface area contributed by atoms with E-state index in [1.54, 1.807) is 31.4 Å².